The zero-order valence-corrected chi connectivity index (χ0v) is 18.3. The van der Waals surface area contributed by atoms with Crippen LogP contribution in [0.4, 0.5) is 0 Å². The molecule has 0 rings (SSSR count). The number of carboxylic acids is 1. The number of unbranched alkanes of at least 4 members (excludes halogenated alkanes) is 4. The van der Waals surface area contributed by atoms with E-state index in [-0.39, 0.29) is 29.5 Å². The van der Waals surface area contributed by atoms with Crippen LogP contribution in [0.25, 0.3) is 0 Å². The van der Waals surface area contributed by atoms with Gasteiger partial charge in [0.05, 0.1) is 17.8 Å². The largest absolute Gasteiger partial charge is 0.481 e. The second-order valence-electron chi connectivity index (χ2n) is 6.99. The number of rotatable bonds is 13. The van der Waals surface area contributed by atoms with E-state index in [0.717, 1.165) is 51.5 Å². The number of aliphatic carboxylic acids is 1. The van der Waals surface area contributed by atoms with Crippen molar-refractivity contribution < 1.29 is 14.7 Å². The van der Waals surface area contributed by atoms with Gasteiger partial charge >= 0.3 is 5.97 Å². The fourth-order valence-corrected chi connectivity index (χ4v) is 1.66. The molecule has 0 fully saturated rings. The van der Waals surface area contributed by atoms with Crippen molar-refractivity contribution in [1.82, 2.24) is 0 Å². The highest BCUT2D eigenvalue weighted by atomic mass is 16.4. The molecule has 0 aliphatic heterocycles. The monoisotopic (exact) mass is 417 g/mol. The van der Waals surface area contributed by atoms with Gasteiger partial charge in [-0.3, -0.25) is 20.0 Å². The van der Waals surface area contributed by atoms with Gasteiger partial charge in [-0.2, -0.15) is 0 Å². The van der Waals surface area contributed by atoms with Crippen LogP contribution < -0.4 is 28.7 Å². The first-order valence-corrected chi connectivity index (χ1v) is 10.0. The van der Waals surface area contributed by atoms with Crippen LogP contribution in [0.5, 0.6) is 0 Å². The normalized spacial score (nSPS) is 10.7. The number of nitrogens with two attached hydrogens (primary N) is 5. The van der Waals surface area contributed by atoms with Gasteiger partial charge in [0.2, 0.25) is 0 Å². The molecule has 0 aliphatic carbocycles. The van der Waals surface area contributed by atoms with E-state index < -0.39 is 5.97 Å². The molecule has 29 heavy (non-hydrogen) atoms. The standard InChI is InChI=1S/C9H20N4O.C6H15N3.C4H8O2/c1-7(10)8(14)5-3-2-4-6-13-9(11)12;7-5-3-1-2-4-6(8)9;1-3(2)4(5)6/h7H,2-6,10H2,1H3,(H4,11,12,13);1-5,7H2,(H3,8,9);3H,1-2H3,(H,5,6)/t7-;;/m0../s1. The molecule has 172 valence electrons. The molecule has 10 heteroatoms. The highest BCUT2D eigenvalue weighted by Gasteiger charge is 2.05. The molecule has 0 spiro atoms. The van der Waals surface area contributed by atoms with Gasteiger partial charge in [0, 0.05) is 19.4 Å². The Morgan fingerprint density at radius 1 is 0.931 bits per heavy atom. The number of amidine groups is 1. The topological polar surface area (TPSA) is 221 Å². The number of ketones is 1. The highest BCUT2D eigenvalue weighted by Crippen LogP contribution is 2.02. The van der Waals surface area contributed by atoms with Gasteiger partial charge in [-0.25, -0.2) is 0 Å². The Bertz CT molecular complexity index is 463. The number of nitrogens with one attached hydrogen (secondary N) is 1. The maximum atomic E-state index is 11.1. The Balaban J connectivity index is -0.000000386. The molecule has 0 saturated carbocycles. The summed E-state index contributed by atoms with van der Waals surface area (Å²) in [6.07, 6.45) is 7.15. The number of hydrogen-bond donors (Lipinski definition) is 7. The van der Waals surface area contributed by atoms with E-state index in [2.05, 4.69) is 4.99 Å². The minimum atomic E-state index is -0.741. The summed E-state index contributed by atoms with van der Waals surface area (Å²) in [5, 5.41) is 14.9. The van der Waals surface area contributed by atoms with E-state index >= 15 is 0 Å². The van der Waals surface area contributed by atoms with Crippen molar-refractivity contribution in [2.24, 2.45) is 39.6 Å². The van der Waals surface area contributed by atoms with Crippen LogP contribution in [0.15, 0.2) is 4.99 Å². The van der Waals surface area contributed by atoms with Gasteiger partial charge in [0.25, 0.3) is 0 Å². The SMILES string of the molecule is CC(C)C(=O)O.C[C@H](N)C(=O)CCCCCN=C(N)N.N=C(N)CCCCCN. The number of aliphatic imine (C=N–C) groups is 1. The Morgan fingerprint density at radius 3 is 1.79 bits per heavy atom. The first-order chi connectivity index (χ1) is 13.4. The van der Waals surface area contributed by atoms with E-state index in [1.54, 1.807) is 20.8 Å². The summed E-state index contributed by atoms with van der Waals surface area (Å²) in [5.74, 6) is -0.449. The first-order valence-electron chi connectivity index (χ1n) is 10.0. The molecule has 10 nitrogen and oxygen atoms in total. The summed E-state index contributed by atoms with van der Waals surface area (Å²) in [7, 11) is 0. The summed E-state index contributed by atoms with van der Waals surface area (Å²) in [4.78, 5) is 24.6. The van der Waals surface area contributed by atoms with E-state index in [1.807, 2.05) is 0 Å². The predicted molar refractivity (Wildman–Crippen MR) is 120 cm³/mol. The molecule has 12 N–H and O–H groups in total. The van der Waals surface area contributed by atoms with Crippen molar-refractivity contribution in [1.29, 1.82) is 5.41 Å². The average Bonchev–Trinajstić information content (AvgIpc) is 2.62. The average molecular weight is 418 g/mol. The van der Waals surface area contributed by atoms with Gasteiger partial charge in [-0.05, 0) is 39.2 Å². The Hall–Kier alpha value is -2.20. The molecule has 0 amide bonds. The minimum absolute atomic E-state index is 0.117. The van der Waals surface area contributed by atoms with Crippen LogP contribution in [-0.4, -0.2) is 47.8 Å². The van der Waals surface area contributed by atoms with Gasteiger partial charge in [0.15, 0.2) is 5.96 Å². The lowest BCUT2D eigenvalue weighted by Gasteiger charge is -2.03. The molecular weight excluding hydrogens is 374 g/mol. The van der Waals surface area contributed by atoms with Gasteiger partial charge in [-0.15, -0.1) is 0 Å². The molecule has 0 aromatic heterocycles. The quantitative estimate of drug-likeness (QED) is 0.129. The molecule has 0 unspecified atom stereocenters. The second kappa shape index (κ2) is 22.1. The second-order valence-corrected chi connectivity index (χ2v) is 6.99. The number of guanidine groups is 1. The highest BCUT2D eigenvalue weighted by molar-refractivity contribution is 5.83. The van der Waals surface area contributed by atoms with Crippen LogP contribution in [0.2, 0.25) is 0 Å². The molecule has 0 saturated heterocycles. The molecule has 0 radical (unpaired) electrons. The summed E-state index contributed by atoms with van der Waals surface area (Å²) < 4.78 is 0. The zero-order valence-electron chi connectivity index (χ0n) is 18.3. The Morgan fingerprint density at radius 2 is 1.41 bits per heavy atom. The van der Waals surface area contributed by atoms with Gasteiger partial charge in [0.1, 0.15) is 5.78 Å². The lowest BCUT2D eigenvalue weighted by atomic mass is 10.1. The van der Waals surface area contributed by atoms with Crippen molar-refractivity contribution in [3.8, 4) is 0 Å². The number of Topliss-reactive ketones (excluding diaryl/α,β-unsaturated/α-hetero) is 1. The summed E-state index contributed by atoms with van der Waals surface area (Å²) in [6.45, 7) is 6.37. The van der Waals surface area contributed by atoms with Crippen LogP contribution in [0.1, 0.15) is 72.1 Å². The van der Waals surface area contributed by atoms with Crippen molar-refractivity contribution in [3.63, 3.8) is 0 Å². The van der Waals surface area contributed by atoms with E-state index in [4.69, 9.17) is 39.2 Å². The lowest BCUT2D eigenvalue weighted by molar-refractivity contribution is -0.140. The van der Waals surface area contributed by atoms with E-state index in [1.165, 1.54) is 0 Å². The Kier molecular flexibility index (Phi) is 24.0. The lowest BCUT2D eigenvalue weighted by Crippen LogP contribution is -2.26. The van der Waals surface area contributed by atoms with Crippen LogP contribution in [-0.2, 0) is 9.59 Å². The number of carbonyl (C=O) groups excluding carboxylic acids is 1. The summed E-state index contributed by atoms with van der Waals surface area (Å²) in [6, 6.07) is -0.340. The van der Waals surface area contributed by atoms with Gasteiger partial charge in [-0.1, -0.05) is 26.7 Å². The number of hydrogen-bond acceptors (Lipinski definition) is 6. The maximum absolute atomic E-state index is 11.1. The van der Waals surface area contributed by atoms with Crippen LogP contribution in [0, 0.1) is 11.3 Å². The molecule has 0 aromatic carbocycles. The number of nitrogens with zero attached hydrogens (tertiary/aromatic N) is 1. The molecule has 0 bridgehead atoms. The molecule has 1 atom stereocenters. The smallest absolute Gasteiger partial charge is 0.305 e. The zero-order chi connectivity index (χ0) is 23.2. The fraction of sp³-hybridized carbons (Fsp3) is 0.789. The predicted octanol–water partition coefficient (Wildman–Crippen LogP) is 0.905. The van der Waals surface area contributed by atoms with E-state index in [9.17, 15) is 9.59 Å². The van der Waals surface area contributed by atoms with Gasteiger partial charge < -0.3 is 33.8 Å². The number of carboxylic acid groups (broad SMARTS) is 1. The first kappa shape index (κ1) is 31.5. The maximum Gasteiger partial charge on any atom is 0.305 e. The molecule has 0 heterocycles. The van der Waals surface area contributed by atoms with Crippen molar-refractivity contribution in [2.75, 3.05) is 13.1 Å². The third-order valence-electron chi connectivity index (χ3n) is 3.53. The van der Waals surface area contributed by atoms with Crippen LogP contribution in [0.3, 0.4) is 0 Å². The summed E-state index contributed by atoms with van der Waals surface area (Å²) >= 11 is 0. The Labute approximate surface area is 175 Å². The van der Waals surface area contributed by atoms with Crippen molar-refractivity contribution in [3.05, 3.63) is 0 Å². The van der Waals surface area contributed by atoms with Crippen LogP contribution >= 0.6 is 0 Å². The summed E-state index contributed by atoms with van der Waals surface area (Å²) in [5.41, 5.74) is 26.1. The number of carbonyl (C=O) groups is 2. The molecule has 0 aliphatic rings. The molecular formula is C19H43N7O3. The van der Waals surface area contributed by atoms with E-state index in [0.29, 0.717) is 13.0 Å². The fourth-order valence-electron chi connectivity index (χ4n) is 1.66. The van der Waals surface area contributed by atoms with Crippen molar-refractivity contribution >= 4 is 23.5 Å². The third kappa shape index (κ3) is 33.8. The minimum Gasteiger partial charge on any atom is -0.481 e. The third-order valence-corrected chi connectivity index (χ3v) is 3.53. The molecule has 0 aromatic rings. The van der Waals surface area contributed by atoms with Crippen molar-refractivity contribution in [2.45, 2.75) is 78.2 Å².